The van der Waals surface area contributed by atoms with Gasteiger partial charge in [-0.3, -0.25) is 9.59 Å². The summed E-state index contributed by atoms with van der Waals surface area (Å²) in [6, 6.07) is 18.4. The van der Waals surface area contributed by atoms with Crippen molar-refractivity contribution >= 4 is 28.4 Å². The molecule has 1 saturated carbocycles. The Balaban J connectivity index is 1.06. The largest absolute Gasteiger partial charge is 0.351 e. The van der Waals surface area contributed by atoms with Crippen molar-refractivity contribution in [3.63, 3.8) is 0 Å². The molecule has 2 saturated heterocycles. The van der Waals surface area contributed by atoms with E-state index in [1.54, 1.807) is 0 Å². The van der Waals surface area contributed by atoms with Crippen LogP contribution in [0.2, 0.25) is 0 Å². The fraction of sp³-hybridized carbons (Fsp3) is 0.429. The number of carbonyl (C=O) groups is 2. The minimum Gasteiger partial charge on any atom is -0.351 e. The van der Waals surface area contributed by atoms with Crippen molar-refractivity contribution in [3.8, 4) is 0 Å². The highest BCUT2D eigenvalue weighted by molar-refractivity contribution is 5.98. The first-order valence-electron chi connectivity index (χ1n) is 12.6. The summed E-state index contributed by atoms with van der Waals surface area (Å²) in [7, 11) is 0. The van der Waals surface area contributed by atoms with E-state index in [1.807, 2.05) is 35.2 Å². The Bertz CT molecular complexity index is 1170. The lowest BCUT2D eigenvalue weighted by Crippen LogP contribution is -2.31. The molecule has 2 amide bonds. The monoisotopic (exact) mass is 456 g/mol. The van der Waals surface area contributed by atoms with Gasteiger partial charge in [0.25, 0.3) is 5.91 Å². The summed E-state index contributed by atoms with van der Waals surface area (Å²) in [5.41, 5.74) is 4.22. The van der Waals surface area contributed by atoms with Crippen LogP contribution in [0.4, 0.5) is 5.69 Å². The maximum atomic E-state index is 12.7. The van der Waals surface area contributed by atoms with E-state index >= 15 is 0 Å². The van der Waals surface area contributed by atoms with Gasteiger partial charge < -0.3 is 20.1 Å². The summed E-state index contributed by atoms with van der Waals surface area (Å²) in [5.74, 6) is 0.125. The second-order valence-corrected chi connectivity index (χ2v) is 10.4. The van der Waals surface area contributed by atoms with E-state index in [2.05, 4.69) is 39.5 Å². The van der Waals surface area contributed by atoms with Crippen LogP contribution in [0.3, 0.4) is 0 Å². The lowest BCUT2D eigenvalue weighted by molar-refractivity contribution is -0.117. The molecule has 3 fully saturated rings. The molecule has 1 atom stereocenters. The number of fused-ring (bicyclic) bond motifs is 1. The minimum atomic E-state index is -0.126. The van der Waals surface area contributed by atoms with Crippen LogP contribution in [0.25, 0.3) is 10.9 Å². The zero-order valence-corrected chi connectivity index (χ0v) is 19.6. The second-order valence-electron chi connectivity index (χ2n) is 10.4. The van der Waals surface area contributed by atoms with Crippen molar-refractivity contribution in [2.75, 3.05) is 37.6 Å². The molecule has 0 spiro atoms. The first kappa shape index (κ1) is 21.4. The summed E-state index contributed by atoms with van der Waals surface area (Å²) < 4.78 is 0. The molecule has 0 radical (unpaired) electrons. The van der Waals surface area contributed by atoms with Crippen LogP contribution in [0.5, 0.6) is 0 Å². The number of benzene rings is 2. The lowest BCUT2D eigenvalue weighted by Gasteiger charge is -2.24. The topological polar surface area (TPSA) is 68.4 Å². The number of para-hydroxylation sites is 1. The number of amides is 2. The highest BCUT2D eigenvalue weighted by Gasteiger charge is 2.45. The van der Waals surface area contributed by atoms with Crippen molar-refractivity contribution in [3.05, 3.63) is 65.9 Å². The van der Waals surface area contributed by atoms with Gasteiger partial charge in [0.2, 0.25) is 5.91 Å². The van der Waals surface area contributed by atoms with Crippen LogP contribution >= 0.6 is 0 Å². The predicted molar refractivity (Wildman–Crippen MR) is 134 cm³/mol. The van der Waals surface area contributed by atoms with Crippen LogP contribution in [0.1, 0.15) is 48.2 Å². The van der Waals surface area contributed by atoms with E-state index in [1.165, 1.54) is 50.9 Å². The average molecular weight is 457 g/mol. The number of aromatic nitrogens is 1. The van der Waals surface area contributed by atoms with Crippen molar-refractivity contribution in [2.45, 2.75) is 37.5 Å². The number of rotatable bonds is 7. The van der Waals surface area contributed by atoms with E-state index in [-0.39, 0.29) is 17.7 Å². The summed E-state index contributed by atoms with van der Waals surface area (Å²) in [4.78, 5) is 33.0. The summed E-state index contributed by atoms with van der Waals surface area (Å²) in [6.07, 6.45) is 5.66. The molecule has 2 N–H and O–H groups in total. The molecule has 1 aromatic heterocycles. The number of nitrogens with one attached hydrogen (secondary N) is 2. The third-order valence-electron chi connectivity index (χ3n) is 7.90. The fourth-order valence-electron chi connectivity index (χ4n) is 5.75. The number of nitrogens with zero attached hydrogens (tertiary/aromatic N) is 2. The summed E-state index contributed by atoms with van der Waals surface area (Å²) in [6.45, 7) is 4.78. The van der Waals surface area contributed by atoms with Crippen LogP contribution in [0.15, 0.2) is 54.6 Å². The molecule has 2 aliphatic heterocycles. The SMILES string of the molecule is O=C(NCC1CC(=O)N(c2ccc(C3(CN4CCCC4)CC3)cc2)C1)c1cc2ccccc2[nH]1. The molecular formula is C28H32N4O2. The first-order valence-corrected chi connectivity index (χ1v) is 12.6. The molecule has 34 heavy (non-hydrogen) atoms. The number of likely N-dealkylation sites (tertiary alicyclic amines) is 1. The Morgan fingerprint density at radius 1 is 1.06 bits per heavy atom. The maximum Gasteiger partial charge on any atom is 0.267 e. The summed E-state index contributed by atoms with van der Waals surface area (Å²) in [5, 5.41) is 4.03. The average Bonchev–Trinajstić information content (AvgIpc) is 3.20. The number of carbonyl (C=O) groups excluding carboxylic acids is 2. The maximum absolute atomic E-state index is 12.7. The van der Waals surface area contributed by atoms with Gasteiger partial charge in [0.05, 0.1) is 0 Å². The molecule has 176 valence electrons. The molecule has 2 aromatic carbocycles. The van der Waals surface area contributed by atoms with E-state index in [0.717, 1.165) is 16.6 Å². The Kier molecular flexibility index (Phi) is 5.41. The highest BCUT2D eigenvalue weighted by atomic mass is 16.2. The molecule has 6 heteroatoms. The van der Waals surface area contributed by atoms with Gasteiger partial charge in [-0.25, -0.2) is 0 Å². The molecule has 3 aliphatic rings. The standard InChI is InChI=1S/C28H32N4O2/c33-26-15-20(17-29-27(34)25-16-21-5-1-2-6-24(21)30-25)18-32(26)23-9-7-22(8-10-23)28(11-12-28)19-31-13-3-4-14-31/h1-2,5-10,16,20,30H,3-4,11-15,17-19H2,(H,29,34). The number of aromatic amines is 1. The van der Waals surface area contributed by atoms with Crippen molar-refractivity contribution in [1.82, 2.24) is 15.2 Å². The van der Waals surface area contributed by atoms with Gasteiger partial charge in [-0.1, -0.05) is 30.3 Å². The van der Waals surface area contributed by atoms with Crippen LogP contribution in [0, 0.1) is 5.92 Å². The van der Waals surface area contributed by atoms with Crippen LogP contribution in [-0.4, -0.2) is 54.4 Å². The van der Waals surface area contributed by atoms with Gasteiger partial charge in [0, 0.05) is 54.0 Å². The van der Waals surface area contributed by atoms with E-state index in [4.69, 9.17) is 0 Å². The minimum absolute atomic E-state index is 0.116. The normalized spacial score (nSPS) is 21.9. The molecule has 1 unspecified atom stereocenters. The van der Waals surface area contributed by atoms with E-state index < -0.39 is 0 Å². The smallest absolute Gasteiger partial charge is 0.267 e. The van der Waals surface area contributed by atoms with E-state index in [9.17, 15) is 9.59 Å². The first-order chi connectivity index (χ1) is 16.6. The van der Waals surface area contributed by atoms with Crippen LogP contribution < -0.4 is 10.2 Å². The molecule has 6 nitrogen and oxygen atoms in total. The number of anilines is 1. The summed E-state index contributed by atoms with van der Waals surface area (Å²) >= 11 is 0. The number of hydrogen-bond acceptors (Lipinski definition) is 3. The van der Waals surface area contributed by atoms with Crippen LogP contribution in [-0.2, 0) is 10.2 Å². The van der Waals surface area contributed by atoms with Crippen molar-refractivity contribution in [2.24, 2.45) is 5.92 Å². The van der Waals surface area contributed by atoms with Crippen molar-refractivity contribution in [1.29, 1.82) is 0 Å². The molecule has 3 aromatic rings. The Morgan fingerprint density at radius 2 is 1.82 bits per heavy atom. The fourth-order valence-corrected chi connectivity index (χ4v) is 5.75. The zero-order valence-electron chi connectivity index (χ0n) is 19.6. The highest BCUT2D eigenvalue weighted by Crippen LogP contribution is 2.49. The number of hydrogen-bond donors (Lipinski definition) is 2. The van der Waals surface area contributed by atoms with Crippen molar-refractivity contribution < 1.29 is 9.59 Å². The van der Waals surface area contributed by atoms with Gasteiger partial charge in [-0.2, -0.15) is 0 Å². The quantitative estimate of drug-likeness (QED) is 0.563. The van der Waals surface area contributed by atoms with Gasteiger partial charge in [-0.05, 0) is 68.6 Å². The molecule has 3 heterocycles. The third-order valence-corrected chi connectivity index (χ3v) is 7.90. The predicted octanol–water partition coefficient (Wildman–Crippen LogP) is 4.08. The van der Waals surface area contributed by atoms with Gasteiger partial charge in [0.15, 0.2) is 0 Å². The zero-order chi connectivity index (χ0) is 23.1. The van der Waals surface area contributed by atoms with Gasteiger partial charge in [0.1, 0.15) is 5.69 Å². The Hall–Kier alpha value is -3.12. The lowest BCUT2D eigenvalue weighted by atomic mass is 9.95. The molecule has 0 bridgehead atoms. The number of H-pyrrole nitrogens is 1. The molecule has 1 aliphatic carbocycles. The Labute approximate surface area is 200 Å². The second kappa shape index (κ2) is 8.58. The van der Waals surface area contributed by atoms with E-state index in [0.29, 0.717) is 30.6 Å². The van der Waals surface area contributed by atoms with Gasteiger partial charge >= 0.3 is 0 Å². The molecular weight excluding hydrogens is 424 g/mol. The Morgan fingerprint density at radius 3 is 2.56 bits per heavy atom. The molecule has 6 rings (SSSR count). The van der Waals surface area contributed by atoms with Gasteiger partial charge in [-0.15, -0.1) is 0 Å². The third kappa shape index (κ3) is 4.11.